The van der Waals surface area contributed by atoms with Gasteiger partial charge in [0, 0.05) is 23.2 Å². The summed E-state index contributed by atoms with van der Waals surface area (Å²) in [5.41, 5.74) is 1.95. The van der Waals surface area contributed by atoms with Crippen LogP contribution in [0.15, 0.2) is 48.8 Å². The van der Waals surface area contributed by atoms with Gasteiger partial charge in [-0.15, -0.1) is 0 Å². The molecule has 0 radical (unpaired) electrons. The molecule has 0 bridgehead atoms. The van der Waals surface area contributed by atoms with E-state index in [4.69, 9.17) is 9.90 Å². The first-order valence-electron chi connectivity index (χ1n) is 5.78. The lowest BCUT2D eigenvalue weighted by molar-refractivity contribution is -0.192. The van der Waals surface area contributed by atoms with E-state index in [1.807, 2.05) is 12.1 Å². The number of alkyl halides is 3. The third-order valence-corrected chi connectivity index (χ3v) is 2.59. The molecule has 7 heteroatoms. The van der Waals surface area contributed by atoms with Crippen molar-refractivity contribution in [1.29, 1.82) is 0 Å². The number of hydrogen-bond acceptors (Lipinski definition) is 3. The zero-order valence-electron chi connectivity index (χ0n) is 10.5. The molecule has 0 saturated carbocycles. The molecule has 4 nitrogen and oxygen atoms in total. The highest BCUT2D eigenvalue weighted by Gasteiger charge is 2.38. The van der Waals surface area contributed by atoms with Gasteiger partial charge in [0.2, 0.25) is 0 Å². The summed E-state index contributed by atoms with van der Waals surface area (Å²) >= 11 is 0. The molecule has 0 atom stereocenters. The Morgan fingerprint density at radius 3 is 1.62 bits per heavy atom. The van der Waals surface area contributed by atoms with Crippen LogP contribution in [0.3, 0.4) is 0 Å². The zero-order chi connectivity index (χ0) is 15.5. The van der Waals surface area contributed by atoms with Crippen LogP contribution in [0.1, 0.15) is 0 Å². The lowest BCUT2D eigenvalue weighted by atomic mass is 10.1. The minimum absolute atomic E-state index is 0.977. The second-order valence-electron chi connectivity index (χ2n) is 4.02. The Hall–Kier alpha value is -2.70. The first-order chi connectivity index (χ1) is 9.89. The van der Waals surface area contributed by atoms with E-state index in [1.54, 1.807) is 12.4 Å². The summed E-state index contributed by atoms with van der Waals surface area (Å²) in [5, 5.41) is 9.40. The lowest BCUT2D eigenvalue weighted by Crippen LogP contribution is -2.21. The Morgan fingerprint density at radius 1 is 0.905 bits per heavy atom. The summed E-state index contributed by atoms with van der Waals surface area (Å²) in [6.45, 7) is 0. The van der Waals surface area contributed by atoms with Crippen molar-refractivity contribution in [3.05, 3.63) is 48.8 Å². The number of carboxylic acids is 1. The number of hydrogen-bond donors (Lipinski definition) is 1. The molecular weight excluding hydrogens is 285 g/mol. The number of benzene rings is 1. The van der Waals surface area contributed by atoms with E-state index in [0.717, 1.165) is 21.8 Å². The number of aromatic nitrogens is 2. The van der Waals surface area contributed by atoms with Crippen molar-refractivity contribution >= 4 is 27.8 Å². The summed E-state index contributed by atoms with van der Waals surface area (Å²) < 4.78 is 31.7. The van der Waals surface area contributed by atoms with Gasteiger partial charge in [0.1, 0.15) is 0 Å². The van der Waals surface area contributed by atoms with Gasteiger partial charge in [0.15, 0.2) is 0 Å². The number of fused-ring (bicyclic) bond motifs is 3. The average Bonchev–Trinajstić information content (AvgIpc) is 2.47. The van der Waals surface area contributed by atoms with Gasteiger partial charge < -0.3 is 5.11 Å². The first kappa shape index (κ1) is 14.7. The number of pyridine rings is 2. The molecule has 0 unspecified atom stereocenters. The minimum Gasteiger partial charge on any atom is -0.475 e. The molecule has 3 aromatic rings. The first-order valence-corrected chi connectivity index (χ1v) is 5.78. The van der Waals surface area contributed by atoms with Crippen LogP contribution in [0.5, 0.6) is 0 Å². The van der Waals surface area contributed by atoms with Gasteiger partial charge in [0.25, 0.3) is 0 Å². The molecule has 0 aliphatic heterocycles. The Kier molecular flexibility index (Phi) is 4.02. The molecule has 1 aromatic carbocycles. The number of rotatable bonds is 0. The summed E-state index contributed by atoms with van der Waals surface area (Å²) in [6.07, 6.45) is -1.48. The van der Waals surface area contributed by atoms with Crippen LogP contribution in [-0.4, -0.2) is 27.2 Å². The Bertz CT molecular complexity index is 733. The van der Waals surface area contributed by atoms with Crippen molar-refractivity contribution in [1.82, 2.24) is 9.97 Å². The summed E-state index contributed by atoms with van der Waals surface area (Å²) in [6, 6.07) is 12.1. The molecular formula is C14H9F3N2O2. The molecule has 3 rings (SSSR count). The fraction of sp³-hybridized carbons (Fsp3) is 0.0714. The zero-order valence-corrected chi connectivity index (χ0v) is 10.5. The molecule has 0 aliphatic rings. The fourth-order valence-corrected chi connectivity index (χ4v) is 1.68. The number of carbonyl (C=O) groups is 1. The summed E-state index contributed by atoms with van der Waals surface area (Å²) in [5.74, 6) is -2.76. The standard InChI is InChI=1S/C12H8N2.C2HF3O2/c1-3-9-5-6-10-4-2-8-14-12(10)11(9)13-7-1;3-2(4,5)1(6)7/h1-8H;(H,6,7). The number of halogens is 3. The predicted molar refractivity (Wildman–Crippen MR) is 70.7 cm³/mol. The van der Waals surface area contributed by atoms with E-state index in [2.05, 4.69) is 34.2 Å². The van der Waals surface area contributed by atoms with Crippen LogP contribution in [0.4, 0.5) is 13.2 Å². The summed E-state index contributed by atoms with van der Waals surface area (Å²) in [4.78, 5) is 17.6. The van der Waals surface area contributed by atoms with Crippen LogP contribution in [0, 0.1) is 0 Å². The topological polar surface area (TPSA) is 63.1 Å². The number of nitrogens with zero attached hydrogens (tertiary/aromatic N) is 2. The second-order valence-corrected chi connectivity index (χ2v) is 4.02. The average molecular weight is 294 g/mol. The number of carboxylic acid groups (broad SMARTS) is 1. The Morgan fingerprint density at radius 2 is 1.29 bits per heavy atom. The van der Waals surface area contributed by atoms with E-state index in [0.29, 0.717) is 0 Å². The van der Waals surface area contributed by atoms with Crippen LogP contribution in [0.2, 0.25) is 0 Å². The van der Waals surface area contributed by atoms with Crippen LogP contribution in [0.25, 0.3) is 21.8 Å². The lowest BCUT2D eigenvalue weighted by Gasteiger charge is -2.00. The van der Waals surface area contributed by atoms with Crippen LogP contribution >= 0.6 is 0 Å². The normalized spacial score (nSPS) is 11.0. The van der Waals surface area contributed by atoms with Crippen LogP contribution in [-0.2, 0) is 4.79 Å². The maximum atomic E-state index is 10.6. The van der Waals surface area contributed by atoms with E-state index < -0.39 is 12.1 Å². The van der Waals surface area contributed by atoms with Crippen molar-refractivity contribution in [3.8, 4) is 0 Å². The largest absolute Gasteiger partial charge is 0.490 e. The van der Waals surface area contributed by atoms with Gasteiger partial charge in [-0.1, -0.05) is 24.3 Å². The maximum absolute atomic E-state index is 10.6. The van der Waals surface area contributed by atoms with Gasteiger partial charge in [-0.2, -0.15) is 13.2 Å². The van der Waals surface area contributed by atoms with E-state index in [1.165, 1.54) is 0 Å². The van der Waals surface area contributed by atoms with E-state index >= 15 is 0 Å². The smallest absolute Gasteiger partial charge is 0.475 e. The molecule has 0 spiro atoms. The highest BCUT2D eigenvalue weighted by molar-refractivity contribution is 6.02. The molecule has 0 saturated heterocycles. The highest BCUT2D eigenvalue weighted by atomic mass is 19.4. The van der Waals surface area contributed by atoms with Crippen molar-refractivity contribution in [2.45, 2.75) is 6.18 Å². The molecule has 2 heterocycles. The molecule has 0 aliphatic carbocycles. The van der Waals surface area contributed by atoms with Gasteiger partial charge >= 0.3 is 12.1 Å². The Balaban J connectivity index is 0.000000199. The van der Waals surface area contributed by atoms with Gasteiger partial charge in [-0.3, -0.25) is 9.97 Å². The molecule has 21 heavy (non-hydrogen) atoms. The molecule has 1 N–H and O–H groups in total. The third kappa shape index (κ3) is 3.44. The van der Waals surface area contributed by atoms with Gasteiger partial charge in [0.05, 0.1) is 11.0 Å². The van der Waals surface area contributed by atoms with Gasteiger partial charge in [-0.05, 0) is 12.1 Å². The SMILES string of the molecule is O=C(O)C(F)(F)F.c1cnc2c(c1)ccc1cccnc12. The van der Waals surface area contributed by atoms with E-state index in [-0.39, 0.29) is 0 Å². The Labute approximate surface area is 116 Å². The minimum atomic E-state index is -5.08. The monoisotopic (exact) mass is 294 g/mol. The van der Waals surface area contributed by atoms with E-state index in [9.17, 15) is 13.2 Å². The number of aliphatic carboxylic acids is 1. The van der Waals surface area contributed by atoms with Crippen molar-refractivity contribution in [2.24, 2.45) is 0 Å². The predicted octanol–water partition coefficient (Wildman–Crippen LogP) is 3.42. The fourth-order valence-electron chi connectivity index (χ4n) is 1.68. The second kappa shape index (κ2) is 5.74. The van der Waals surface area contributed by atoms with Gasteiger partial charge in [-0.25, -0.2) is 4.79 Å². The highest BCUT2D eigenvalue weighted by Crippen LogP contribution is 2.20. The third-order valence-electron chi connectivity index (χ3n) is 2.59. The molecule has 0 amide bonds. The van der Waals surface area contributed by atoms with Crippen molar-refractivity contribution in [3.63, 3.8) is 0 Å². The molecule has 2 aromatic heterocycles. The van der Waals surface area contributed by atoms with Crippen molar-refractivity contribution < 1.29 is 23.1 Å². The quantitative estimate of drug-likeness (QED) is 0.645. The molecule has 108 valence electrons. The van der Waals surface area contributed by atoms with Crippen LogP contribution < -0.4 is 0 Å². The maximum Gasteiger partial charge on any atom is 0.490 e. The molecule has 0 fully saturated rings. The summed E-state index contributed by atoms with van der Waals surface area (Å²) in [7, 11) is 0. The van der Waals surface area contributed by atoms with Crippen molar-refractivity contribution in [2.75, 3.05) is 0 Å².